The van der Waals surface area contributed by atoms with Crippen LogP contribution in [0, 0.1) is 0 Å². The molecule has 2 aliphatic rings. The van der Waals surface area contributed by atoms with Crippen molar-refractivity contribution < 1.29 is 64.6 Å². The van der Waals surface area contributed by atoms with Gasteiger partial charge in [0.25, 0.3) is 0 Å². The van der Waals surface area contributed by atoms with E-state index in [4.69, 9.17) is 18.9 Å². The smallest absolute Gasteiger partial charge is 0.220 e. The molecule has 516 valence electrons. The highest BCUT2D eigenvalue weighted by atomic mass is 16.7. The lowest BCUT2D eigenvalue weighted by Gasteiger charge is -2.46. The molecule has 0 aromatic heterocycles. The molecule has 14 heteroatoms. The second-order valence-electron chi connectivity index (χ2n) is 24.6. The fraction of sp³-hybridized carbons (Fsp3) is 0.724. The number of ether oxygens (including phenoxy) is 4. The zero-order chi connectivity index (χ0) is 65.2. The minimum Gasteiger partial charge on any atom is -0.394 e. The van der Waals surface area contributed by atoms with Gasteiger partial charge < -0.3 is 65.1 Å². The number of unbranched alkanes of at least 4 members (excludes halogenated alkanes) is 26. The molecular formula is C76H129NO13. The number of carbonyl (C=O) groups excluding carboxylic acids is 1. The first-order valence-corrected chi connectivity index (χ1v) is 35.8. The Morgan fingerprint density at radius 1 is 0.411 bits per heavy atom. The Morgan fingerprint density at radius 2 is 0.778 bits per heavy atom. The van der Waals surface area contributed by atoms with Crippen LogP contribution in [0.2, 0.25) is 0 Å². The van der Waals surface area contributed by atoms with E-state index in [-0.39, 0.29) is 18.9 Å². The first-order valence-electron chi connectivity index (χ1n) is 35.8. The fourth-order valence-corrected chi connectivity index (χ4v) is 11.0. The van der Waals surface area contributed by atoms with Crippen LogP contribution in [-0.2, 0) is 23.7 Å². The number of nitrogens with one attached hydrogen (secondary N) is 1. The van der Waals surface area contributed by atoms with Crippen LogP contribution in [0.5, 0.6) is 0 Å². The molecule has 2 fully saturated rings. The van der Waals surface area contributed by atoms with E-state index in [9.17, 15) is 45.6 Å². The third kappa shape index (κ3) is 42.6. The summed E-state index contributed by atoms with van der Waals surface area (Å²) in [5, 5.41) is 87.4. The highest BCUT2D eigenvalue weighted by molar-refractivity contribution is 5.76. The molecule has 12 unspecified atom stereocenters. The molecule has 12 atom stereocenters. The standard InChI is InChI=1S/C76H129NO13/c1-3-5-7-9-11-13-15-17-19-21-23-25-27-29-30-31-32-33-34-36-38-40-42-44-46-48-50-52-54-56-58-60-68(81)77-64(63-87-75-73(86)71(84)74(67(62-79)89-75)90-76-72(85)70(83)69(82)66(61-78)88-76)65(80)59-57-55-53-51-49-47-45-43-41-39-37-35-28-26-24-22-20-18-16-14-12-10-8-6-4-2/h5,7,11,13,17,19,23,25,29-30,32-33,36,38,42,44,49,51,57,59,64-67,69-76,78-80,82-86H,3-4,6,8-10,12,14-16,18,20-22,24,26-28,31,34-35,37,39-41,43,45-48,50,52-56,58,60-63H2,1-2H3,(H,77,81)/b7-5-,13-11-,19-17-,25-23-,30-29-,33-32-,38-36-,44-42-,51-49+,59-57+. The lowest BCUT2D eigenvalue weighted by molar-refractivity contribution is -0.359. The van der Waals surface area contributed by atoms with Gasteiger partial charge in [0.1, 0.15) is 48.8 Å². The van der Waals surface area contributed by atoms with Crippen LogP contribution in [0.3, 0.4) is 0 Å². The molecule has 2 saturated heterocycles. The molecule has 9 N–H and O–H groups in total. The van der Waals surface area contributed by atoms with E-state index < -0.39 is 86.8 Å². The van der Waals surface area contributed by atoms with Crippen molar-refractivity contribution in [3.8, 4) is 0 Å². The minimum absolute atomic E-state index is 0.248. The van der Waals surface area contributed by atoms with E-state index in [1.54, 1.807) is 6.08 Å². The number of hydrogen-bond donors (Lipinski definition) is 9. The van der Waals surface area contributed by atoms with E-state index >= 15 is 0 Å². The van der Waals surface area contributed by atoms with Crippen molar-refractivity contribution in [1.29, 1.82) is 0 Å². The molecule has 0 bridgehead atoms. The quantitative estimate of drug-likeness (QED) is 0.0204. The molecule has 90 heavy (non-hydrogen) atoms. The second-order valence-corrected chi connectivity index (χ2v) is 24.6. The third-order valence-electron chi connectivity index (χ3n) is 16.6. The summed E-state index contributed by atoms with van der Waals surface area (Å²) >= 11 is 0. The van der Waals surface area contributed by atoms with Gasteiger partial charge in [0.05, 0.1) is 32.0 Å². The van der Waals surface area contributed by atoms with Crippen molar-refractivity contribution >= 4 is 5.91 Å². The Labute approximate surface area is 546 Å². The molecule has 2 heterocycles. The Morgan fingerprint density at radius 3 is 1.22 bits per heavy atom. The van der Waals surface area contributed by atoms with Gasteiger partial charge in [0, 0.05) is 6.42 Å². The fourth-order valence-electron chi connectivity index (χ4n) is 11.0. The van der Waals surface area contributed by atoms with Crippen molar-refractivity contribution in [1.82, 2.24) is 5.32 Å². The molecule has 2 rings (SSSR count). The molecule has 1 amide bonds. The number of carbonyl (C=O) groups is 1. The van der Waals surface area contributed by atoms with Crippen LogP contribution in [0.15, 0.2) is 122 Å². The van der Waals surface area contributed by atoms with Gasteiger partial charge >= 0.3 is 0 Å². The lowest BCUT2D eigenvalue weighted by atomic mass is 9.97. The number of aliphatic hydroxyl groups is 8. The summed E-state index contributed by atoms with van der Waals surface area (Å²) in [5.74, 6) is -0.267. The van der Waals surface area contributed by atoms with Crippen LogP contribution in [0.1, 0.15) is 258 Å². The Bertz CT molecular complexity index is 1980. The maximum absolute atomic E-state index is 13.3. The predicted molar refractivity (Wildman–Crippen MR) is 368 cm³/mol. The van der Waals surface area contributed by atoms with Crippen molar-refractivity contribution in [3.05, 3.63) is 122 Å². The van der Waals surface area contributed by atoms with Crippen LogP contribution in [-0.4, -0.2) is 140 Å². The molecule has 0 saturated carbocycles. The maximum atomic E-state index is 13.3. The van der Waals surface area contributed by atoms with E-state index in [1.165, 1.54) is 122 Å². The van der Waals surface area contributed by atoms with Crippen LogP contribution in [0.4, 0.5) is 0 Å². The molecular weight excluding hydrogens is 1130 g/mol. The summed E-state index contributed by atoms with van der Waals surface area (Å²) < 4.78 is 22.8. The van der Waals surface area contributed by atoms with E-state index in [1.807, 2.05) is 6.08 Å². The van der Waals surface area contributed by atoms with Crippen LogP contribution >= 0.6 is 0 Å². The molecule has 2 aliphatic heterocycles. The molecule has 0 aromatic carbocycles. The highest BCUT2D eigenvalue weighted by Crippen LogP contribution is 2.30. The van der Waals surface area contributed by atoms with Crippen LogP contribution in [0.25, 0.3) is 0 Å². The number of aliphatic hydroxyl groups excluding tert-OH is 8. The topological polar surface area (TPSA) is 228 Å². The zero-order valence-corrected chi connectivity index (χ0v) is 56.1. The summed E-state index contributed by atoms with van der Waals surface area (Å²) in [7, 11) is 0. The lowest BCUT2D eigenvalue weighted by Crippen LogP contribution is -2.65. The number of amides is 1. The van der Waals surface area contributed by atoms with Crippen molar-refractivity contribution in [2.24, 2.45) is 0 Å². The summed E-state index contributed by atoms with van der Waals surface area (Å²) in [6.45, 7) is 2.67. The predicted octanol–water partition coefficient (Wildman–Crippen LogP) is 14.9. The third-order valence-corrected chi connectivity index (χ3v) is 16.6. The summed E-state index contributed by atoms with van der Waals surface area (Å²) in [6, 6.07) is -0.951. The zero-order valence-electron chi connectivity index (χ0n) is 56.1. The minimum atomic E-state index is -1.80. The molecule has 0 aromatic rings. The van der Waals surface area contributed by atoms with E-state index in [0.29, 0.717) is 12.8 Å². The first kappa shape index (κ1) is 82.5. The van der Waals surface area contributed by atoms with Gasteiger partial charge in [-0.05, 0) is 96.3 Å². The van der Waals surface area contributed by atoms with Crippen LogP contribution < -0.4 is 5.32 Å². The van der Waals surface area contributed by atoms with Gasteiger partial charge in [0.2, 0.25) is 5.91 Å². The molecule has 0 spiro atoms. The average molecular weight is 1260 g/mol. The monoisotopic (exact) mass is 1260 g/mol. The second kappa shape index (κ2) is 59.2. The van der Waals surface area contributed by atoms with Crippen molar-refractivity contribution in [2.75, 3.05) is 19.8 Å². The van der Waals surface area contributed by atoms with Gasteiger partial charge in [-0.25, -0.2) is 0 Å². The normalized spacial score (nSPS) is 23.7. The van der Waals surface area contributed by atoms with Crippen molar-refractivity contribution in [2.45, 2.75) is 331 Å². The molecule has 14 nitrogen and oxygen atoms in total. The Hall–Kier alpha value is -3.61. The van der Waals surface area contributed by atoms with Gasteiger partial charge in [0.15, 0.2) is 12.6 Å². The highest BCUT2D eigenvalue weighted by Gasteiger charge is 2.51. The van der Waals surface area contributed by atoms with Crippen molar-refractivity contribution in [3.63, 3.8) is 0 Å². The Kier molecular flexibility index (Phi) is 54.2. The number of allylic oxidation sites excluding steroid dienone is 19. The SMILES string of the molecule is CC/C=C\C/C=C\C/C=C\C/C=C\C/C=C\C/C=C\C/C=C\C/C=C\CCCCCCCCC(=O)NC(COC1OC(CO)C(OC2OC(CO)C(O)C(O)C2O)C(O)C1O)C(O)/C=C/CC/C=C/CCCCCCCCCCCCCCCCCCCCC. The van der Waals surface area contributed by atoms with Gasteiger partial charge in [-0.3, -0.25) is 4.79 Å². The summed E-state index contributed by atoms with van der Waals surface area (Å²) in [6.07, 6.45) is 69.6. The largest absolute Gasteiger partial charge is 0.394 e. The summed E-state index contributed by atoms with van der Waals surface area (Å²) in [5.41, 5.74) is 0. The maximum Gasteiger partial charge on any atom is 0.220 e. The van der Waals surface area contributed by atoms with Gasteiger partial charge in [-0.1, -0.05) is 277 Å². The number of hydrogen-bond acceptors (Lipinski definition) is 13. The molecule has 0 radical (unpaired) electrons. The summed E-state index contributed by atoms with van der Waals surface area (Å²) in [4.78, 5) is 13.3. The number of rotatable bonds is 57. The first-order chi connectivity index (χ1) is 44.1. The van der Waals surface area contributed by atoms with E-state index in [2.05, 4.69) is 129 Å². The molecule has 0 aliphatic carbocycles. The van der Waals surface area contributed by atoms with E-state index in [0.717, 1.165) is 103 Å². The van der Waals surface area contributed by atoms with Gasteiger partial charge in [-0.2, -0.15) is 0 Å². The average Bonchev–Trinajstić information content (AvgIpc) is 1.42. The Balaban J connectivity index is 1.71. The van der Waals surface area contributed by atoms with Gasteiger partial charge in [-0.15, -0.1) is 0 Å².